The second-order valence-electron chi connectivity index (χ2n) is 5.76. The molecule has 1 unspecified atom stereocenters. The van der Waals surface area contributed by atoms with Crippen LogP contribution in [0.3, 0.4) is 0 Å². The molecule has 1 aromatic carbocycles. The molecule has 0 spiro atoms. The molecule has 0 aliphatic carbocycles. The first kappa shape index (κ1) is 17.3. The molecule has 1 fully saturated rings. The summed E-state index contributed by atoms with van der Waals surface area (Å²) in [7, 11) is 0. The Morgan fingerprint density at radius 2 is 2.25 bits per heavy atom. The zero-order chi connectivity index (χ0) is 13.9. The van der Waals surface area contributed by atoms with Crippen molar-refractivity contribution in [2.45, 2.75) is 26.7 Å². The van der Waals surface area contributed by atoms with E-state index in [1.54, 1.807) is 6.07 Å². The summed E-state index contributed by atoms with van der Waals surface area (Å²) >= 11 is 6.11. The van der Waals surface area contributed by atoms with E-state index in [0.29, 0.717) is 17.1 Å². The Labute approximate surface area is 131 Å². The topological polar surface area (TPSA) is 41.1 Å². The lowest BCUT2D eigenvalue weighted by atomic mass is 9.83. The van der Waals surface area contributed by atoms with E-state index in [2.05, 4.69) is 17.6 Å². The van der Waals surface area contributed by atoms with E-state index in [4.69, 9.17) is 11.6 Å². The van der Waals surface area contributed by atoms with Crippen LogP contribution in [0.15, 0.2) is 18.2 Å². The van der Waals surface area contributed by atoms with Crippen molar-refractivity contribution in [1.29, 1.82) is 0 Å². The van der Waals surface area contributed by atoms with Gasteiger partial charge in [-0.2, -0.15) is 0 Å². The lowest BCUT2D eigenvalue weighted by molar-refractivity contribution is 0.0925. The van der Waals surface area contributed by atoms with Crippen molar-refractivity contribution in [1.82, 2.24) is 10.6 Å². The van der Waals surface area contributed by atoms with Crippen LogP contribution in [0.1, 0.15) is 35.7 Å². The Bertz CT molecular complexity index is 471. The first-order valence-electron chi connectivity index (χ1n) is 6.75. The van der Waals surface area contributed by atoms with E-state index in [0.717, 1.165) is 31.5 Å². The lowest BCUT2D eigenvalue weighted by Gasteiger charge is -2.34. The Morgan fingerprint density at radius 1 is 1.50 bits per heavy atom. The molecule has 5 heteroatoms. The van der Waals surface area contributed by atoms with Crippen molar-refractivity contribution in [3.8, 4) is 0 Å². The molecule has 1 aromatic rings. The van der Waals surface area contributed by atoms with Crippen LogP contribution < -0.4 is 10.6 Å². The largest absolute Gasteiger partial charge is 0.351 e. The minimum atomic E-state index is -0.0863. The van der Waals surface area contributed by atoms with E-state index in [-0.39, 0.29) is 23.7 Å². The summed E-state index contributed by atoms with van der Waals surface area (Å²) in [4.78, 5) is 12.1. The Hall–Kier alpha value is -0.770. The molecular formula is C15H22Cl2N2O. The van der Waals surface area contributed by atoms with Gasteiger partial charge in [0.15, 0.2) is 0 Å². The first-order valence-corrected chi connectivity index (χ1v) is 7.13. The number of benzene rings is 1. The van der Waals surface area contributed by atoms with Crippen LogP contribution in [0, 0.1) is 12.3 Å². The molecule has 1 aliphatic rings. The standard InChI is InChI=1S/C15H21ClN2O.ClH/c1-11-4-5-12(13(16)8-11)14(19)18-10-15(2)6-3-7-17-9-15;/h4-5,8,17H,3,6-7,9-10H2,1-2H3,(H,18,19);1H. The number of rotatable bonds is 3. The average molecular weight is 317 g/mol. The highest BCUT2D eigenvalue weighted by Crippen LogP contribution is 2.24. The quantitative estimate of drug-likeness (QED) is 0.899. The van der Waals surface area contributed by atoms with Gasteiger partial charge < -0.3 is 10.6 Å². The minimum absolute atomic E-state index is 0. The summed E-state index contributed by atoms with van der Waals surface area (Å²) in [5, 5.41) is 6.90. The summed E-state index contributed by atoms with van der Waals surface area (Å²) < 4.78 is 0. The van der Waals surface area contributed by atoms with Gasteiger partial charge in [-0.25, -0.2) is 0 Å². The molecule has 3 nitrogen and oxygen atoms in total. The molecular weight excluding hydrogens is 295 g/mol. The highest BCUT2D eigenvalue weighted by Gasteiger charge is 2.27. The monoisotopic (exact) mass is 316 g/mol. The van der Waals surface area contributed by atoms with Gasteiger partial charge in [0.2, 0.25) is 0 Å². The summed E-state index contributed by atoms with van der Waals surface area (Å²) in [5.74, 6) is -0.0863. The molecule has 0 saturated carbocycles. The predicted octanol–water partition coefficient (Wildman–Crippen LogP) is 3.19. The van der Waals surface area contributed by atoms with Gasteiger partial charge in [0, 0.05) is 13.1 Å². The number of carbonyl (C=O) groups excluding carboxylic acids is 1. The maximum Gasteiger partial charge on any atom is 0.252 e. The third-order valence-electron chi connectivity index (χ3n) is 3.73. The number of aryl methyl sites for hydroxylation is 1. The Balaban J connectivity index is 0.00000200. The van der Waals surface area contributed by atoms with Crippen LogP contribution in [-0.4, -0.2) is 25.5 Å². The molecule has 2 N–H and O–H groups in total. The van der Waals surface area contributed by atoms with Gasteiger partial charge in [-0.05, 0) is 49.4 Å². The number of nitrogens with one attached hydrogen (secondary N) is 2. The van der Waals surface area contributed by atoms with E-state index in [1.165, 1.54) is 0 Å². The first-order chi connectivity index (χ1) is 9.00. The fourth-order valence-electron chi connectivity index (χ4n) is 2.46. The molecule has 112 valence electrons. The van der Waals surface area contributed by atoms with Gasteiger partial charge in [-0.1, -0.05) is 24.6 Å². The van der Waals surface area contributed by atoms with Gasteiger partial charge in [0.25, 0.3) is 5.91 Å². The van der Waals surface area contributed by atoms with Gasteiger partial charge in [0.05, 0.1) is 10.6 Å². The van der Waals surface area contributed by atoms with E-state index in [9.17, 15) is 4.79 Å². The second kappa shape index (κ2) is 7.30. The Morgan fingerprint density at radius 3 is 2.85 bits per heavy atom. The fourth-order valence-corrected chi connectivity index (χ4v) is 2.78. The highest BCUT2D eigenvalue weighted by atomic mass is 35.5. The lowest BCUT2D eigenvalue weighted by Crippen LogP contribution is -2.45. The van der Waals surface area contributed by atoms with Crippen LogP contribution in [0.25, 0.3) is 0 Å². The second-order valence-corrected chi connectivity index (χ2v) is 6.16. The third-order valence-corrected chi connectivity index (χ3v) is 4.04. The zero-order valence-electron chi connectivity index (χ0n) is 12.0. The van der Waals surface area contributed by atoms with Gasteiger partial charge in [-0.15, -0.1) is 12.4 Å². The fraction of sp³-hybridized carbons (Fsp3) is 0.533. The Kier molecular flexibility index (Phi) is 6.31. The van der Waals surface area contributed by atoms with Gasteiger partial charge in [0.1, 0.15) is 0 Å². The summed E-state index contributed by atoms with van der Waals surface area (Å²) in [5.41, 5.74) is 1.76. The number of amides is 1. The minimum Gasteiger partial charge on any atom is -0.351 e. The molecule has 20 heavy (non-hydrogen) atoms. The molecule has 2 rings (SSSR count). The number of carbonyl (C=O) groups is 1. The molecule has 0 aromatic heterocycles. The van der Waals surface area contributed by atoms with Crippen molar-refractivity contribution < 1.29 is 4.79 Å². The van der Waals surface area contributed by atoms with E-state index in [1.807, 2.05) is 19.1 Å². The third kappa shape index (κ3) is 4.37. The van der Waals surface area contributed by atoms with Crippen LogP contribution in [-0.2, 0) is 0 Å². The van der Waals surface area contributed by atoms with Crippen molar-refractivity contribution in [2.75, 3.05) is 19.6 Å². The molecule has 1 heterocycles. The molecule has 1 atom stereocenters. The zero-order valence-corrected chi connectivity index (χ0v) is 13.5. The van der Waals surface area contributed by atoms with Crippen LogP contribution in [0.5, 0.6) is 0 Å². The number of halogens is 2. The molecule has 1 aliphatic heterocycles. The molecule has 0 bridgehead atoms. The van der Waals surface area contributed by atoms with Gasteiger partial charge in [-0.3, -0.25) is 4.79 Å². The van der Waals surface area contributed by atoms with Crippen molar-refractivity contribution in [2.24, 2.45) is 5.41 Å². The molecule has 1 saturated heterocycles. The number of hydrogen-bond donors (Lipinski definition) is 2. The summed E-state index contributed by atoms with van der Waals surface area (Å²) in [6.07, 6.45) is 2.31. The molecule has 0 radical (unpaired) electrons. The highest BCUT2D eigenvalue weighted by molar-refractivity contribution is 6.33. The van der Waals surface area contributed by atoms with E-state index >= 15 is 0 Å². The maximum atomic E-state index is 12.1. The molecule has 1 amide bonds. The van der Waals surface area contributed by atoms with Gasteiger partial charge >= 0.3 is 0 Å². The average Bonchev–Trinajstić information content (AvgIpc) is 2.37. The van der Waals surface area contributed by atoms with Crippen LogP contribution in [0.4, 0.5) is 0 Å². The van der Waals surface area contributed by atoms with E-state index < -0.39 is 0 Å². The maximum absolute atomic E-state index is 12.1. The van der Waals surface area contributed by atoms with Crippen LogP contribution >= 0.6 is 24.0 Å². The summed E-state index contributed by atoms with van der Waals surface area (Å²) in [6, 6.07) is 5.51. The summed E-state index contributed by atoms with van der Waals surface area (Å²) in [6.45, 7) is 6.88. The van der Waals surface area contributed by atoms with Crippen molar-refractivity contribution in [3.63, 3.8) is 0 Å². The van der Waals surface area contributed by atoms with Crippen molar-refractivity contribution >= 4 is 29.9 Å². The predicted molar refractivity (Wildman–Crippen MR) is 86.0 cm³/mol. The smallest absolute Gasteiger partial charge is 0.252 e. The SMILES string of the molecule is Cc1ccc(C(=O)NCC2(C)CCCNC2)c(Cl)c1.Cl. The van der Waals surface area contributed by atoms with Crippen molar-refractivity contribution in [3.05, 3.63) is 34.3 Å². The normalized spacial score (nSPS) is 21.9. The van der Waals surface area contributed by atoms with Crippen LogP contribution in [0.2, 0.25) is 5.02 Å². The number of hydrogen-bond acceptors (Lipinski definition) is 2. The number of piperidine rings is 1.